The fraction of sp³-hybridized carbons (Fsp3) is 0.417. The third kappa shape index (κ3) is 2.54. The lowest BCUT2D eigenvalue weighted by Crippen LogP contribution is -2.45. The van der Waals surface area contributed by atoms with Gasteiger partial charge in [-0.25, -0.2) is 4.79 Å². The zero-order valence-corrected chi connectivity index (χ0v) is 10.5. The van der Waals surface area contributed by atoms with Gasteiger partial charge in [0.25, 0.3) is 0 Å². The highest BCUT2D eigenvalue weighted by molar-refractivity contribution is 6.30. The van der Waals surface area contributed by atoms with Gasteiger partial charge in [-0.1, -0.05) is 23.7 Å². The maximum atomic E-state index is 11.9. The normalized spacial score (nSPS) is 14.2. The standard InChI is InChI=1S/C12H16ClNO2/c1-4-16-11(15)12(2,14-3)9-5-7-10(13)8-6-9/h5-8,14H,4H2,1-3H3. The van der Waals surface area contributed by atoms with E-state index in [9.17, 15) is 4.79 Å². The van der Waals surface area contributed by atoms with E-state index < -0.39 is 5.54 Å². The third-order valence-corrected chi connectivity index (χ3v) is 2.86. The minimum atomic E-state index is -0.833. The number of hydrogen-bond acceptors (Lipinski definition) is 3. The van der Waals surface area contributed by atoms with Gasteiger partial charge in [0.15, 0.2) is 0 Å². The Morgan fingerprint density at radius 2 is 2.00 bits per heavy atom. The van der Waals surface area contributed by atoms with Gasteiger partial charge in [0.1, 0.15) is 5.54 Å². The van der Waals surface area contributed by atoms with E-state index in [1.165, 1.54) is 0 Å². The average Bonchev–Trinajstić information content (AvgIpc) is 2.29. The molecule has 0 spiro atoms. The van der Waals surface area contributed by atoms with E-state index in [4.69, 9.17) is 16.3 Å². The minimum absolute atomic E-state index is 0.292. The highest BCUT2D eigenvalue weighted by Crippen LogP contribution is 2.23. The second-order valence-electron chi connectivity index (χ2n) is 3.60. The lowest BCUT2D eigenvalue weighted by atomic mass is 9.92. The maximum absolute atomic E-state index is 11.9. The zero-order chi connectivity index (χ0) is 12.2. The number of nitrogens with one attached hydrogen (secondary N) is 1. The molecule has 0 heterocycles. The largest absolute Gasteiger partial charge is 0.464 e. The zero-order valence-electron chi connectivity index (χ0n) is 9.71. The van der Waals surface area contributed by atoms with E-state index in [0.717, 1.165) is 5.56 Å². The number of rotatable bonds is 4. The molecule has 1 unspecified atom stereocenters. The minimum Gasteiger partial charge on any atom is -0.464 e. The van der Waals surface area contributed by atoms with Crippen molar-refractivity contribution in [1.29, 1.82) is 0 Å². The molecule has 0 saturated heterocycles. The lowest BCUT2D eigenvalue weighted by Gasteiger charge is -2.27. The number of ether oxygens (including phenoxy) is 1. The summed E-state index contributed by atoms with van der Waals surface area (Å²) in [5.41, 5.74) is -0.00140. The van der Waals surface area contributed by atoms with E-state index in [1.54, 1.807) is 33.0 Å². The Balaban J connectivity index is 3.04. The van der Waals surface area contributed by atoms with Crippen LogP contribution in [0.2, 0.25) is 5.02 Å². The predicted molar refractivity (Wildman–Crippen MR) is 64.5 cm³/mol. The van der Waals surface area contributed by atoms with Crippen molar-refractivity contribution in [3.63, 3.8) is 0 Å². The Morgan fingerprint density at radius 1 is 1.44 bits per heavy atom. The van der Waals surface area contributed by atoms with Gasteiger partial charge in [0, 0.05) is 5.02 Å². The van der Waals surface area contributed by atoms with Crippen LogP contribution in [0.15, 0.2) is 24.3 Å². The van der Waals surface area contributed by atoms with Crippen molar-refractivity contribution in [2.45, 2.75) is 19.4 Å². The summed E-state index contributed by atoms with van der Waals surface area (Å²) in [6.07, 6.45) is 0. The van der Waals surface area contributed by atoms with E-state index in [1.807, 2.05) is 12.1 Å². The van der Waals surface area contributed by atoms with Crippen molar-refractivity contribution in [2.24, 2.45) is 0 Å². The Morgan fingerprint density at radius 3 is 2.44 bits per heavy atom. The summed E-state index contributed by atoms with van der Waals surface area (Å²) in [6, 6.07) is 7.14. The molecule has 16 heavy (non-hydrogen) atoms. The molecule has 0 amide bonds. The van der Waals surface area contributed by atoms with Crippen LogP contribution in [0.4, 0.5) is 0 Å². The molecule has 88 valence electrons. The summed E-state index contributed by atoms with van der Waals surface area (Å²) in [6.45, 7) is 3.94. The molecular weight excluding hydrogens is 226 g/mol. The first-order chi connectivity index (χ1) is 7.54. The summed E-state index contributed by atoms with van der Waals surface area (Å²) >= 11 is 5.81. The van der Waals surface area contributed by atoms with Crippen LogP contribution >= 0.6 is 11.6 Å². The van der Waals surface area contributed by atoms with Gasteiger partial charge in [-0.2, -0.15) is 0 Å². The lowest BCUT2D eigenvalue weighted by molar-refractivity contribution is -0.150. The predicted octanol–water partition coefficient (Wildman–Crippen LogP) is 2.34. The molecular formula is C12H16ClNO2. The summed E-state index contributed by atoms with van der Waals surface area (Å²) in [5, 5.41) is 3.63. The van der Waals surface area contributed by atoms with Gasteiger partial charge >= 0.3 is 5.97 Å². The van der Waals surface area contributed by atoms with Crippen molar-refractivity contribution >= 4 is 17.6 Å². The number of carbonyl (C=O) groups is 1. The Kier molecular flexibility index (Phi) is 4.33. The van der Waals surface area contributed by atoms with Crippen LogP contribution in [0.5, 0.6) is 0 Å². The van der Waals surface area contributed by atoms with Crippen molar-refractivity contribution in [1.82, 2.24) is 5.32 Å². The Bertz CT molecular complexity index is 364. The van der Waals surface area contributed by atoms with Crippen LogP contribution < -0.4 is 5.32 Å². The van der Waals surface area contributed by atoms with Gasteiger partial charge in [-0.05, 0) is 38.6 Å². The quantitative estimate of drug-likeness (QED) is 0.823. The number of esters is 1. The number of hydrogen-bond donors (Lipinski definition) is 1. The van der Waals surface area contributed by atoms with Crippen molar-refractivity contribution in [3.8, 4) is 0 Å². The molecule has 0 saturated carbocycles. The molecule has 0 aliphatic carbocycles. The van der Waals surface area contributed by atoms with Gasteiger partial charge in [0.2, 0.25) is 0 Å². The maximum Gasteiger partial charge on any atom is 0.330 e. The van der Waals surface area contributed by atoms with Crippen LogP contribution in [-0.4, -0.2) is 19.6 Å². The van der Waals surface area contributed by atoms with Gasteiger partial charge < -0.3 is 10.1 Å². The van der Waals surface area contributed by atoms with E-state index in [-0.39, 0.29) is 5.97 Å². The monoisotopic (exact) mass is 241 g/mol. The highest BCUT2D eigenvalue weighted by Gasteiger charge is 2.34. The van der Waals surface area contributed by atoms with Crippen LogP contribution in [0.25, 0.3) is 0 Å². The Hall–Kier alpha value is -1.06. The Labute approximate surface area is 101 Å². The molecule has 0 aliphatic rings. The average molecular weight is 242 g/mol. The van der Waals surface area contributed by atoms with Crippen LogP contribution in [0, 0.1) is 0 Å². The molecule has 1 rings (SSSR count). The van der Waals surface area contributed by atoms with Gasteiger partial charge in [-0.15, -0.1) is 0 Å². The first kappa shape index (κ1) is 13.0. The van der Waals surface area contributed by atoms with E-state index in [0.29, 0.717) is 11.6 Å². The van der Waals surface area contributed by atoms with Crippen LogP contribution in [0.3, 0.4) is 0 Å². The molecule has 1 atom stereocenters. The third-order valence-electron chi connectivity index (χ3n) is 2.61. The molecule has 0 aromatic heterocycles. The molecule has 0 fully saturated rings. The number of benzene rings is 1. The fourth-order valence-electron chi connectivity index (χ4n) is 1.42. The second kappa shape index (κ2) is 5.32. The van der Waals surface area contributed by atoms with Crippen molar-refractivity contribution in [3.05, 3.63) is 34.9 Å². The SMILES string of the molecule is CCOC(=O)C(C)(NC)c1ccc(Cl)cc1. The van der Waals surface area contributed by atoms with Crippen molar-refractivity contribution in [2.75, 3.05) is 13.7 Å². The molecule has 4 heteroatoms. The summed E-state index contributed by atoms with van der Waals surface area (Å²) in [7, 11) is 1.73. The topological polar surface area (TPSA) is 38.3 Å². The first-order valence-corrected chi connectivity index (χ1v) is 5.54. The molecule has 0 radical (unpaired) electrons. The highest BCUT2D eigenvalue weighted by atomic mass is 35.5. The smallest absolute Gasteiger partial charge is 0.330 e. The van der Waals surface area contributed by atoms with Crippen LogP contribution in [0.1, 0.15) is 19.4 Å². The van der Waals surface area contributed by atoms with Gasteiger partial charge in [0.05, 0.1) is 6.61 Å². The molecule has 1 N–H and O–H groups in total. The molecule has 1 aromatic carbocycles. The molecule has 0 aliphatic heterocycles. The molecule has 1 aromatic rings. The first-order valence-electron chi connectivity index (χ1n) is 5.16. The van der Waals surface area contributed by atoms with Crippen molar-refractivity contribution < 1.29 is 9.53 Å². The summed E-state index contributed by atoms with van der Waals surface area (Å²) in [5.74, 6) is -0.292. The fourth-order valence-corrected chi connectivity index (χ4v) is 1.55. The summed E-state index contributed by atoms with van der Waals surface area (Å²) in [4.78, 5) is 11.9. The number of halogens is 1. The summed E-state index contributed by atoms with van der Waals surface area (Å²) < 4.78 is 5.05. The molecule has 3 nitrogen and oxygen atoms in total. The van der Waals surface area contributed by atoms with Gasteiger partial charge in [-0.3, -0.25) is 0 Å². The number of likely N-dealkylation sites (N-methyl/N-ethyl adjacent to an activating group) is 1. The van der Waals surface area contributed by atoms with Crippen LogP contribution in [-0.2, 0) is 15.1 Å². The number of carbonyl (C=O) groups excluding carboxylic acids is 1. The van der Waals surface area contributed by atoms with E-state index in [2.05, 4.69) is 5.32 Å². The molecule has 0 bridgehead atoms. The second-order valence-corrected chi connectivity index (χ2v) is 4.04. The van der Waals surface area contributed by atoms with E-state index >= 15 is 0 Å².